The van der Waals surface area contributed by atoms with E-state index in [9.17, 15) is 18.7 Å². The lowest BCUT2D eigenvalue weighted by atomic mass is 9.94. The van der Waals surface area contributed by atoms with Gasteiger partial charge in [-0.1, -0.05) is 6.07 Å². The van der Waals surface area contributed by atoms with Gasteiger partial charge >= 0.3 is 6.03 Å². The summed E-state index contributed by atoms with van der Waals surface area (Å²) in [4.78, 5) is 15.2. The highest BCUT2D eigenvalue weighted by molar-refractivity contribution is 5.73. The van der Waals surface area contributed by atoms with Gasteiger partial charge in [-0.05, 0) is 25.8 Å². The van der Waals surface area contributed by atoms with Gasteiger partial charge in [0.05, 0.1) is 0 Å². The zero-order valence-corrected chi connectivity index (χ0v) is 14.4. The van der Waals surface area contributed by atoms with E-state index < -0.39 is 17.2 Å². The van der Waals surface area contributed by atoms with Gasteiger partial charge in [0.15, 0.2) is 0 Å². The zero-order valence-electron chi connectivity index (χ0n) is 14.4. The molecule has 1 aromatic rings. The largest absolute Gasteiger partial charge is 0.384 e. The second-order valence-corrected chi connectivity index (χ2v) is 6.72. The number of amides is 2. The van der Waals surface area contributed by atoms with E-state index in [2.05, 4.69) is 5.32 Å². The number of rotatable bonds is 4. The zero-order chi connectivity index (χ0) is 17.9. The molecule has 1 aliphatic rings. The number of hydrogen-bond donors (Lipinski definition) is 2. The van der Waals surface area contributed by atoms with E-state index in [0.29, 0.717) is 13.1 Å². The quantitative estimate of drug-likeness (QED) is 0.880. The van der Waals surface area contributed by atoms with Gasteiger partial charge < -0.3 is 20.2 Å². The molecule has 7 heteroatoms. The highest BCUT2D eigenvalue weighted by atomic mass is 19.1. The Kier molecular flexibility index (Phi) is 5.77. The Balaban J connectivity index is 1.88. The molecule has 1 atom stereocenters. The standard InChI is InChI=1S/C17H25F2N3O2/c1-17(24,14-5-4-12(18)10-15(14)19)11-20-13-6-8-22(9-7-13)16(23)21(2)3/h4-5,10,13,20,24H,6-9,11H2,1-3H3. The van der Waals surface area contributed by atoms with Crippen LogP contribution in [0.5, 0.6) is 0 Å². The summed E-state index contributed by atoms with van der Waals surface area (Å²) >= 11 is 0. The summed E-state index contributed by atoms with van der Waals surface area (Å²) in [6, 6.07) is 3.32. The van der Waals surface area contributed by atoms with Crippen molar-refractivity contribution >= 4 is 6.03 Å². The fourth-order valence-corrected chi connectivity index (χ4v) is 2.92. The smallest absolute Gasteiger partial charge is 0.319 e. The Labute approximate surface area is 141 Å². The van der Waals surface area contributed by atoms with Gasteiger partial charge in [-0.25, -0.2) is 13.6 Å². The van der Waals surface area contributed by atoms with Crippen LogP contribution in [0, 0.1) is 11.6 Å². The summed E-state index contributed by atoms with van der Waals surface area (Å²) in [5.41, 5.74) is -1.37. The Morgan fingerprint density at radius 1 is 1.38 bits per heavy atom. The highest BCUT2D eigenvalue weighted by Gasteiger charge is 2.29. The third-order valence-corrected chi connectivity index (χ3v) is 4.39. The maximum Gasteiger partial charge on any atom is 0.319 e. The number of benzene rings is 1. The number of carbonyl (C=O) groups excluding carboxylic acids is 1. The first kappa shape index (κ1) is 18.6. The van der Waals surface area contributed by atoms with E-state index in [4.69, 9.17) is 0 Å². The van der Waals surface area contributed by atoms with Gasteiger partial charge in [-0.2, -0.15) is 0 Å². The van der Waals surface area contributed by atoms with Gasteiger partial charge in [-0.15, -0.1) is 0 Å². The Hall–Kier alpha value is -1.73. The van der Waals surface area contributed by atoms with Crippen LogP contribution in [0.3, 0.4) is 0 Å². The molecule has 2 rings (SSSR count). The molecule has 1 heterocycles. The van der Waals surface area contributed by atoms with Crippen LogP contribution in [0.25, 0.3) is 0 Å². The molecule has 1 unspecified atom stereocenters. The normalized spacial score (nSPS) is 18.3. The molecular formula is C17H25F2N3O2. The van der Waals surface area contributed by atoms with Crippen LogP contribution in [-0.2, 0) is 5.60 Å². The molecule has 134 valence electrons. The molecule has 0 saturated carbocycles. The van der Waals surface area contributed by atoms with E-state index in [1.165, 1.54) is 13.0 Å². The SMILES string of the molecule is CN(C)C(=O)N1CCC(NCC(C)(O)c2ccc(F)cc2F)CC1. The fraction of sp³-hybridized carbons (Fsp3) is 0.588. The average Bonchev–Trinajstić information content (AvgIpc) is 2.52. The summed E-state index contributed by atoms with van der Waals surface area (Å²) < 4.78 is 26.8. The van der Waals surface area contributed by atoms with Crippen LogP contribution in [-0.4, -0.2) is 60.7 Å². The minimum Gasteiger partial charge on any atom is -0.384 e. The van der Waals surface area contributed by atoms with E-state index in [0.717, 1.165) is 25.0 Å². The molecule has 1 saturated heterocycles. The number of nitrogens with zero attached hydrogens (tertiary/aromatic N) is 2. The van der Waals surface area contributed by atoms with Crippen LogP contribution < -0.4 is 5.32 Å². The van der Waals surface area contributed by atoms with Gasteiger partial charge in [0.1, 0.15) is 17.2 Å². The maximum absolute atomic E-state index is 13.9. The molecular weight excluding hydrogens is 316 g/mol. The molecule has 2 amide bonds. The van der Waals surface area contributed by atoms with Crippen LogP contribution in [0.1, 0.15) is 25.3 Å². The monoisotopic (exact) mass is 341 g/mol. The Morgan fingerprint density at radius 3 is 2.54 bits per heavy atom. The first-order valence-electron chi connectivity index (χ1n) is 8.08. The predicted octanol–water partition coefficient (Wildman–Crippen LogP) is 1.91. The number of carbonyl (C=O) groups is 1. The van der Waals surface area contributed by atoms with Crippen molar-refractivity contribution in [2.24, 2.45) is 0 Å². The lowest BCUT2D eigenvalue weighted by Crippen LogP contribution is -2.50. The molecule has 0 aromatic heterocycles. The Morgan fingerprint density at radius 2 is 2.00 bits per heavy atom. The molecule has 0 radical (unpaired) electrons. The van der Waals surface area contributed by atoms with Gasteiger partial charge in [-0.3, -0.25) is 0 Å². The van der Waals surface area contributed by atoms with Crippen molar-refractivity contribution in [3.05, 3.63) is 35.4 Å². The summed E-state index contributed by atoms with van der Waals surface area (Å²) in [5, 5.41) is 13.7. The third-order valence-electron chi connectivity index (χ3n) is 4.39. The van der Waals surface area contributed by atoms with Crippen LogP contribution in [0.2, 0.25) is 0 Å². The van der Waals surface area contributed by atoms with E-state index in [-0.39, 0.29) is 24.2 Å². The maximum atomic E-state index is 13.9. The molecule has 1 aliphatic heterocycles. The number of piperidine rings is 1. The van der Waals surface area contributed by atoms with Gasteiger partial charge in [0.2, 0.25) is 0 Å². The summed E-state index contributed by atoms with van der Waals surface area (Å²) in [6.07, 6.45) is 1.53. The summed E-state index contributed by atoms with van der Waals surface area (Å²) in [5.74, 6) is -1.42. The van der Waals surface area contributed by atoms with Crippen molar-refractivity contribution in [2.75, 3.05) is 33.7 Å². The second-order valence-electron chi connectivity index (χ2n) is 6.72. The molecule has 0 aliphatic carbocycles. The van der Waals surface area contributed by atoms with Crippen LogP contribution in [0.15, 0.2) is 18.2 Å². The van der Waals surface area contributed by atoms with Crippen molar-refractivity contribution in [3.8, 4) is 0 Å². The molecule has 1 fully saturated rings. The molecule has 0 bridgehead atoms. The molecule has 2 N–H and O–H groups in total. The summed E-state index contributed by atoms with van der Waals surface area (Å²) in [7, 11) is 3.45. The van der Waals surface area contributed by atoms with Crippen LogP contribution in [0.4, 0.5) is 13.6 Å². The first-order valence-corrected chi connectivity index (χ1v) is 8.08. The predicted molar refractivity (Wildman–Crippen MR) is 87.6 cm³/mol. The number of likely N-dealkylation sites (tertiary alicyclic amines) is 1. The topological polar surface area (TPSA) is 55.8 Å². The third kappa shape index (κ3) is 4.42. The number of hydrogen-bond acceptors (Lipinski definition) is 3. The molecule has 0 spiro atoms. The van der Waals surface area contributed by atoms with Crippen LogP contribution >= 0.6 is 0 Å². The number of urea groups is 1. The minimum absolute atomic E-state index is 0.00571. The van der Waals surface area contributed by atoms with Gasteiger partial charge in [0.25, 0.3) is 0 Å². The molecule has 5 nitrogen and oxygen atoms in total. The summed E-state index contributed by atoms with van der Waals surface area (Å²) in [6.45, 7) is 2.94. The highest BCUT2D eigenvalue weighted by Crippen LogP contribution is 2.24. The van der Waals surface area contributed by atoms with Crippen molar-refractivity contribution in [1.82, 2.24) is 15.1 Å². The second kappa shape index (κ2) is 7.44. The van der Waals surface area contributed by atoms with Crippen molar-refractivity contribution in [2.45, 2.75) is 31.4 Å². The van der Waals surface area contributed by atoms with Crippen molar-refractivity contribution in [3.63, 3.8) is 0 Å². The van der Waals surface area contributed by atoms with E-state index >= 15 is 0 Å². The lowest BCUT2D eigenvalue weighted by Gasteiger charge is -2.35. The van der Waals surface area contributed by atoms with Gasteiger partial charge in [0, 0.05) is 51.4 Å². The number of halogens is 2. The van der Waals surface area contributed by atoms with E-state index in [1.54, 1.807) is 23.9 Å². The number of aliphatic hydroxyl groups is 1. The Bertz CT molecular complexity index is 585. The van der Waals surface area contributed by atoms with E-state index in [1.807, 2.05) is 0 Å². The minimum atomic E-state index is -1.44. The average molecular weight is 341 g/mol. The molecule has 24 heavy (non-hydrogen) atoms. The lowest BCUT2D eigenvalue weighted by molar-refractivity contribution is 0.0469. The first-order chi connectivity index (χ1) is 11.2. The number of nitrogens with one attached hydrogen (secondary N) is 1. The fourth-order valence-electron chi connectivity index (χ4n) is 2.92. The van der Waals surface area contributed by atoms with Crippen molar-refractivity contribution in [1.29, 1.82) is 0 Å². The van der Waals surface area contributed by atoms with Crippen molar-refractivity contribution < 1.29 is 18.7 Å². The molecule has 1 aromatic carbocycles.